The molecule has 2 heterocycles. The summed E-state index contributed by atoms with van der Waals surface area (Å²) in [5, 5.41) is 8.26. The number of hydrogen-bond donors (Lipinski definition) is 0. The molecule has 0 unspecified atom stereocenters. The summed E-state index contributed by atoms with van der Waals surface area (Å²) in [4.78, 5) is 18.6. The third-order valence-corrected chi connectivity index (χ3v) is 8.76. The van der Waals surface area contributed by atoms with Crippen molar-refractivity contribution in [3.63, 3.8) is 0 Å². The molecule has 206 valence electrons. The van der Waals surface area contributed by atoms with Crippen LogP contribution in [0.1, 0.15) is 42.0 Å². The number of fused-ring (bicyclic) bond motifs is 1. The summed E-state index contributed by atoms with van der Waals surface area (Å²) in [6.07, 6.45) is 5.24. The van der Waals surface area contributed by atoms with Gasteiger partial charge in [-0.25, -0.2) is 5.01 Å². The Morgan fingerprint density at radius 2 is 1.50 bits per heavy atom. The lowest BCUT2D eigenvalue weighted by molar-refractivity contribution is -0.135. The second-order valence-corrected chi connectivity index (χ2v) is 11.9. The van der Waals surface area contributed by atoms with Crippen LogP contribution in [0.15, 0.2) is 89.5 Å². The minimum absolute atomic E-state index is 0.0594. The topological polar surface area (TPSA) is 39.2 Å². The zero-order valence-corrected chi connectivity index (χ0v) is 24.1. The molecule has 40 heavy (non-hydrogen) atoms. The number of hydrazone groups is 1. The minimum Gasteiger partial charge on any atom is -0.297 e. The number of benzene rings is 3. The van der Waals surface area contributed by atoms with Gasteiger partial charge in [-0.2, -0.15) is 5.10 Å². The standard InChI is InChI=1S/C33H34Cl2N4O/c34-28-13-9-24(10-14-28)21-27-7-4-8-30-32(27)36-39(33(30)26-11-15-29(35)16-12-26)31(40)23-38-19-17-37(18-20-38)22-25-5-2-1-3-6-25/h1-3,5-6,9-16,21,30,33H,4,7-8,17-20,22-23H2/b27-21-/t30-,33+/m1/s1. The first-order valence-electron chi connectivity index (χ1n) is 14.1. The highest BCUT2D eigenvalue weighted by Crippen LogP contribution is 2.44. The average Bonchev–Trinajstić information content (AvgIpc) is 3.37. The highest BCUT2D eigenvalue weighted by molar-refractivity contribution is 6.30. The van der Waals surface area contributed by atoms with E-state index in [-0.39, 0.29) is 17.9 Å². The smallest absolute Gasteiger partial charge is 0.257 e. The van der Waals surface area contributed by atoms with Gasteiger partial charge in [-0.1, -0.05) is 77.8 Å². The van der Waals surface area contributed by atoms with Crippen molar-refractivity contribution in [3.8, 4) is 0 Å². The Balaban J connectivity index is 1.20. The summed E-state index contributed by atoms with van der Waals surface area (Å²) in [5.74, 6) is 0.226. The second kappa shape index (κ2) is 12.3. The van der Waals surface area contributed by atoms with Crippen LogP contribution >= 0.6 is 23.2 Å². The number of piperazine rings is 1. The molecule has 1 saturated carbocycles. The number of halogens is 2. The van der Waals surface area contributed by atoms with E-state index in [1.807, 2.05) is 48.5 Å². The first kappa shape index (κ1) is 27.2. The van der Waals surface area contributed by atoms with Gasteiger partial charge in [0.1, 0.15) is 0 Å². The normalized spacial score (nSPS) is 22.8. The molecular formula is C33H34Cl2N4O. The Labute approximate surface area is 246 Å². The number of rotatable bonds is 6. The summed E-state index contributed by atoms with van der Waals surface area (Å²) < 4.78 is 0. The Kier molecular flexibility index (Phi) is 8.35. The van der Waals surface area contributed by atoms with E-state index in [4.69, 9.17) is 28.3 Å². The van der Waals surface area contributed by atoms with Gasteiger partial charge in [0.15, 0.2) is 0 Å². The van der Waals surface area contributed by atoms with Crippen molar-refractivity contribution >= 4 is 40.9 Å². The molecule has 7 heteroatoms. The third-order valence-electron chi connectivity index (χ3n) is 8.25. The Bertz CT molecular complexity index is 1380. The van der Waals surface area contributed by atoms with Crippen molar-refractivity contribution in [2.45, 2.75) is 31.8 Å². The molecule has 2 atom stereocenters. The third kappa shape index (κ3) is 6.18. The summed E-state index contributed by atoms with van der Waals surface area (Å²) in [5.41, 5.74) is 5.77. The van der Waals surface area contributed by atoms with Gasteiger partial charge in [-0.15, -0.1) is 0 Å². The molecule has 3 aromatic carbocycles. The van der Waals surface area contributed by atoms with Crippen molar-refractivity contribution in [2.24, 2.45) is 11.0 Å². The maximum absolute atomic E-state index is 13.9. The molecule has 0 aromatic heterocycles. The fraction of sp³-hybridized carbons (Fsp3) is 0.333. The SMILES string of the molecule is O=C(CN1CCN(Cc2ccccc2)CC1)N1N=C2/C(=C\c3ccc(Cl)cc3)CCC[C@H]2[C@@H]1c1ccc(Cl)cc1. The van der Waals surface area contributed by atoms with Gasteiger partial charge in [0.25, 0.3) is 5.91 Å². The van der Waals surface area contributed by atoms with Gasteiger partial charge >= 0.3 is 0 Å². The van der Waals surface area contributed by atoms with Crippen LogP contribution in [0.2, 0.25) is 10.0 Å². The zero-order valence-electron chi connectivity index (χ0n) is 22.6. The van der Waals surface area contributed by atoms with E-state index < -0.39 is 0 Å². The van der Waals surface area contributed by atoms with Crippen molar-refractivity contribution in [2.75, 3.05) is 32.7 Å². The van der Waals surface area contributed by atoms with Crippen molar-refractivity contribution < 1.29 is 4.79 Å². The van der Waals surface area contributed by atoms with E-state index in [1.165, 1.54) is 11.1 Å². The van der Waals surface area contributed by atoms with Crippen molar-refractivity contribution in [1.29, 1.82) is 0 Å². The van der Waals surface area contributed by atoms with Gasteiger partial charge in [0.05, 0.1) is 18.3 Å². The molecule has 2 fully saturated rings. The van der Waals surface area contributed by atoms with E-state index in [1.54, 1.807) is 5.01 Å². The number of nitrogens with zero attached hydrogens (tertiary/aromatic N) is 4. The Morgan fingerprint density at radius 3 is 2.20 bits per heavy atom. The first-order chi connectivity index (χ1) is 19.5. The predicted molar refractivity (Wildman–Crippen MR) is 163 cm³/mol. The molecule has 3 aliphatic rings. The maximum Gasteiger partial charge on any atom is 0.257 e. The van der Waals surface area contributed by atoms with E-state index >= 15 is 0 Å². The van der Waals surface area contributed by atoms with Crippen molar-refractivity contribution in [1.82, 2.24) is 14.8 Å². The average molecular weight is 574 g/mol. The van der Waals surface area contributed by atoms with Crippen LogP contribution < -0.4 is 0 Å². The molecule has 6 rings (SSSR count). The maximum atomic E-state index is 13.9. The molecule has 3 aromatic rings. The van der Waals surface area contributed by atoms with E-state index in [9.17, 15) is 4.79 Å². The monoisotopic (exact) mass is 572 g/mol. The number of carbonyl (C=O) groups excluding carboxylic acids is 1. The number of hydrogen-bond acceptors (Lipinski definition) is 4. The van der Waals surface area contributed by atoms with Crippen LogP contribution in [-0.4, -0.2) is 59.2 Å². The van der Waals surface area contributed by atoms with Crippen LogP contribution in [0, 0.1) is 5.92 Å². The molecule has 1 amide bonds. The van der Waals surface area contributed by atoms with E-state index in [0.717, 1.165) is 73.8 Å². The lowest BCUT2D eigenvalue weighted by Gasteiger charge is -2.35. The number of allylic oxidation sites excluding steroid dienone is 1. The summed E-state index contributed by atoms with van der Waals surface area (Å²) in [6, 6.07) is 26.3. The fourth-order valence-corrected chi connectivity index (χ4v) is 6.42. The van der Waals surface area contributed by atoms with Gasteiger partial charge in [-0.05, 0) is 71.9 Å². The fourth-order valence-electron chi connectivity index (χ4n) is 6.17. The van der Waals surface area contributed by atoms with Crippen LogP contribution in [0.3, 0.4) is 0 Å². The molecule has 0 radical (unpaired) electrons. The Morgan fingerprint density at radius 1 is 0.850 bits per heavy atom. The van der Waals surface area contributed by atoms with Crippen molar-refractivity contribution in [3.05, 3.63) is 111 Å². The summed E-state index contributed by atoms with van der Waals surface area (Å²) >= 11 is 12.3. The molecule has 0 spiro atoms. The van der Waals surface area contributed by atoms with E-state index in [2.05, 4.69) is 46.2 Å². The van der Waals surface area contributed by atoms with Crippen LogP contribution in [0.4, 0.5) is 0 Å². The van der Waals surface area contributed by atoms with Gasteiger partial charge in [0.2, 0.25) is 0 Å². The largest absolute Gasteiger partial charge is 0.297 e. The summed E-state index contributed by atoms with van der Waals surface area (Å²) in [6.45, 7) is 4.98. The molecule has 1 saturated heterocycles. The Hall–Kier alpha value is -2.96. The molecule has 0 N–H and O–H groups in total. The zero-order chi connectivity index (χ0) is 27.5. The molecular weight excluding hydrogens is 539 g/mol. The highest BCUT2D eigenvalue weighted by Gasteiger charge is 2.44. The minimum atomic E-state index is -0.118. The van der Waals surface area contributed by atoms with Crippen LogP contribution in [-0.2, 0) is 11.3 Å². The molecule has 2 aliphatic heterocycles. The van der Waals surface area contributed by atoms with Crippen LogP contribution in [0.25, 0.3) is 6.08 Å². The van der Waals surface area contributed by atoms with Gasteiger partial charge in [-0.3, -0.25) is 14.6 Å². The lowest BCUT2D eigenvalue weighted by atomic mass is 9.77. The predicted octanol–water partition coefficient (Wildman–Crippen LogP) is 6.93. The van der Waals surface area contributed by atoms with Gasteiger partial charge in [0, 0.05) is 48.7 Å². The lowest BCUT2D eigenvalue weighted by Crippen LogP contribution is -2.49. The second-order valence-electron chi connectivity index (χ2n) is 11.0. The first-order valence-corrected chi connectivity index (χ1v) is 14.9. The highest BCUT2D eigenvalue weighted by atomic mass is 35.5. The molecule has 5 nitrogen and oxygen atoms in total. The molecule has 0 bridgehead atoms. The molecule has 1 aliphatic carbocycles. The summed E-state index contributed by atoms with van der Waals surface area (Å²) in [7, 11) is 0. The van der Waals surface area contributed by atoms with Crippen LogP contribution in [0.5, 0.6) is 0 Å². The van der Waals surface area contributed by atoms with E-state index in [0.29, 0.717) is 11.6 Å². The quantitative estimate of drug-likeness (QED) is 0.321. The number of amides is 1. The van der Waals surface area contributed by atoms with Gasteiger partial charge < -0.3 is 0 Å². The number of carbonyl (C=O) groups is 1.